The van der Waals surface area contributed by atoms with E-state index in [4.69, 9.17) is 14.2 Å². The summed E-state index contributed by atoms with van der Waals surface area (Å²) in [6.07, 6.45) is 2.07. The third-order valence-corrected chi connectivity index (χ3v) is 4.82. The molecule has 1 N–H and O–H groups in total. The summed E-state index contributed by atoms with van der Waals surface area (Å²) in [6, 6.07) is 11.7. The van der Waals surface area contributed by atoms with Crippen LogP contribution in [-0.2, 0) is 7.05 Å². The number of hydrogen-bond donors (Lipinski definition) is 1. The molecule has 6 heteroatoms. The molecule has 0 fully saturated rings. The van der Waals surface area contributed by atoms with Crippen LogP contribution >= 0.6 is 0 Å². The van der Waals surface area contributed by atoms with E-state index in [1.54, 1.807) is 27.4 Å². The summed E-state index contributed by atoms with van der Waals surface area (Å²) in [5.74, 6) is 1.98. The summed E-state index contributed by atoms with van der Waals surface area (Å²) < 4.78 is 18.3. The fraction of sp³-hybridized carbons (Fsp3) is 0.190. The average molecular weight is 386 g/mol. The molecule has 0 unspecified atom stereocenters. The van der Waals surface area contributed by atoms with Gasteiger partial charge in [-0.1, -0.05) is 6.07 Å². The maximum absolute atomic E-state index is 10.1. The summed E-state index contributed by atoms with van der Waals surface area (Å²) in [5, 5.41) is 15.3. The number of aryl methyl sites for hydroxylation is 1. The van der Waals surface area contributed by atoms with Gasteiger partial charge in [0.25, 0.3) is 0 Å². The summed E-state index contributed by atoms with van der Waals surface area (Å²) in [4.78, 5) is 0. The molecule has 0 atom stereocenters. The van der Waals surface area contributed by atoms with Crippen LogP contribution in [0.5, 0.6) is 23.0 Å². The summed E-state index contributed by atoms with van der Waals surface area (Å²) >= 11 is 0. The highest BCUT2D eigenvalue weighted by molar-refractivity contribution is 6.14. The van der Waals surface area contributed by atoms with Crippen LogP contribution in [0.25, 0.3) is 32.4 Å². The van der Waals surface area contributed by atoms with E-state index in [1.165, 1.54) is 0 Å². The molecule has 140 valence electrons. The number of hydrogen-bond acceptors (Lipinski definition) is 4. The second-order valence-electron chi connectivity index (χ2n) is 6.24. The quantitative estimate of drug-likeness (QED) is 0.417. The highest BCUT2D eigenvalue weighted by Crippen LogP contribution is 2.38. The molecule has 0 bridgehead atoms. The number of methoxy groups -OCH3 is 3. The van der Waals surface area contributed by atoms with Crippen molar-refractivity contribution in [2.45, 2.75) is 0 Å². The maximum atomic E-state index is 10.1. The van der Waals surface area contributed by atoms with Gasteiger partial charge in [-0.05, 0) is 35.7 Å². The number of rotatable bonds is 3. The van der Waals surface area contributed by atoms with Gasteiger partial charge in [0.1, 0.15) is 7.05 Å². The first-order valence-electron chi connectivity index (χ1n) is 8.25. The van der Waals surface area contributed by atoms with E-state index in [-0.39, 0.29) is 18.2 Å². The average Bonchev–Trinajstić information content (AvgIpc) is 2.65. The smallest absolute Gasteiger partial charge is 0.220 e. The second kappa shape index (κ2) is 7.00. The number of fused-ring (bicyclic) bond motifs is 5. The molecule has 4 aromatic rings. The molecule has 0 saturated carbocycles. The molecule has 0 amide bonds. The first-order valence-corrected chi connectivity index (χ1v) is 8.25. The van der Waals surface area contributed by atoms with Crippen molar-refractivity contribution >= 4 is 32.4 Å². The van der Waals surface area contributed by atoms with Crippen LogP contribution < -0.4 is 31.2 Å². The van der Waals surface area contributed by atoms with Crippen molar-refractivity contribution in [2.24, 2.45) is 7.05 Å². The predicted molar refractivity (Wildman–Crippen MR) is 101 cm³/mol. The Morgan fingerprint density at radius 3 is 2.04 bits per heavy atom. The summed E-state index contributed by atoms with van der Waals surface area (Å²) in [6.45, 7) is 0. The van der Waals surface area contributed by atoms with E-state index in [2.05, 4.69) is 16.8 Å². The van der Waals surface area contributed by atoms with Crippen molar-refractivity contribution in [3.63, 3.8) is 0 Å². The Labute approximate surface area is 163 Å². The highest BCUT2D eigenvalue weighted by atomic mass is 35.5. The zero-order valence-electron chi connectivity index (χ0n) is 15.5. The zero-order valence-corrected chi connectivity index (χ0v) is 16.3. The molecule has 0 aliphatic heterocycles. The lowest BCUT2D eigenvalue weighted by Gasteiger charge is -2.11. The fourth-order valence-corrected chi connectivity index (χ4v) is 3.59. The predicted octanol–water partition coefficient (Wildman–Crippen LogP) is 0.706. The molecule has 1 heterocycles. The molecule has 0 aliphatic carbocycles. The van der Waals surface area contributed by atoms with Crippen LogP contribution in [0.1, 0.15) is 0 Å². The lowest BCUT2D eigenvalue weighted by Crippen LogP contribution is -3.00. The van der Waals surface area contributed by atoms with Gasteiger partial charge in [0.2, 0.25) is 5.52 Å². The molecular formula is C21H20ClNO4. The fourth-order valence-electron chi connectivity index (χ4n) is 3.59. The van der Waals surface area contributed by atoms with Gasteiger partial charge in [-0.15, -0.1) is 0 Å². The number of phenols is 1. The van der Waals surface area contributed by atoms with Crippen molar-refractivity contribution in [3.8, 4) is 23.0 Å². The number of phenolic OH excluding ortho intramolecular Hbond substituents is 1. The number of aromatic hydroxyl groups is 1. The number of benzene rings is 3. The Hall–Kier alpha value is -2.92. The van der Waals surface area contributed by atoms with Crippen LogP contribution in [0.4, 0.5) is 0 Å². The minimum atomic E-state index is 0. The first-order chi connectivity index (χ1) is 12.6. The van der Waals surface area contributed by atoms with Crippen LogP contribution in [0, 0.1) is 0 Å². The molecular weight excluding hydrogens is 366 g/mol. The van der Waals surface area contributed by atoms with Crippen LogP contribution in [0.3, 0.4) is 0 Å². The minimum Gasteiger partial charge on any atom is -1.00 e. The van der Waals surface area contributed by atoms with Crippen molar-refractivity contribution in [3.05, 3.63) is 42.6 Å². The van der Waals surface area contributed by atoms with Gasteiger partial charge in [-0.25, -0.2) is 0 Å². The normalized spacial score (nSPS) is 10.8. The van der Waals surface area contributed by atoms with Gasteiger partial charge in [0.15, 0.2) is 29.2 Å². The zero-order chi connectivity index (χ0) is 18.4. The van der Waals surface area contributed by atoms with Crippen molar-refractivity contribution < 1.29 is 36.3 Å². The van der Waals surface area contributed by atoms with Crippen LogP contribution in [-0.4, -0.2) is 26.4 Å². The minimum absolute atomic E-state index is 0. The maximum Gasteiger partial charge on any atom is 0.220 e. The number of aromatic nitrogens is 1. The third-order valence-electron chi connectivity index (χ3n) is 4.82. The van der Waals surface area contributed by atoms with Crippen molar-refractivity contribution in [2.75, 3.05) is 21.3 Å². The Bertz CT molecular complexity index is 1170. The van der Waals surface area contributed by atoms with Crippen LogP contribution in [0.2, 0.25) is 0 Å². The third kappa shape index (κ3) is 2.84. The standard InChI is InChI=1S/C21H19NO4.ClH/c1-22-11-13-8-19(25-3)20(26-4)9-15(13)14-6-5-12-7-17(23)18(24-2)10-16(12)21(14)22;/h5-11H,1-4H3;1H. The van der Waals surface area contributed by atoms with Crippen molar-refractivity contribution in [1.29, 1.82) is 0 Å². The Morgan fingerprint density at radius 1 is 0.741 bits per heavy atom. The Morgan fingerprint density at radius 2 is 1.37 bits per heavy atom. The Balaban J connectivity index is 0.00000210. The number of halogens is 1. The topological polar surface area (TPSA) is 51.8 Å². The van der Waals surface area contributed by atoms with E-state index in [0.717, 1.165) is 32.4 Å². The van der Waals surface area contributed by atoms with Gasteiger partial charge in [0, 0.05) is 5.39 Å². The molecule has 0 aliphatic rings. The van der Waals surface area contributed by atoms with Gasteiger partial charge >= 0.3 is 0 Å². The van der Waals surface area contributed by atoms with Gasteiger partial charge < -0.3 is 31.7 Å². The number of ether oxygens (including phenoxy) is 3. The number of pyridine rings is 1. The molecule has 3 aromatic carbocycles. The van der Waals surface area contributed by atoms with Gasteiger partial charge in [-0.3, -0.25) is 0 Å². The SMILES string of the molecule is COc1cc2c(ccc3c4cc(OC)c(OC)cc4c[n+](C)c23)cc1O.[Cl-]. The first kappa shape index (κ1) is 18.9. The van der Waals surface area contributed by atoms with E-state index < -0.39 is 0 Å². The largest absolute Gasteiger partial charge is 1.00 e. The van der Waals surface area contributed by atoms with Crippen molar-refractivity contribution in [1.82, 2.24) is 0 Å². The molecule has 1 aromatic heterocycles. The second-order valence-corrected chi connectivity index (χ2v) is 6.24. The molecule has 0 saturated heterocycles. The van der Waals surface area contributed by atoms with E-state index >= 15 is 0 Å². The molecule has 4 rings (SSSR count). The monoisotopic (exact) mass is 385 g/mol. The van der Waals surface area contributed by atoms with E-state index in [1.807, 2.05) is 31.3 Å². The van der Waals surface area contributed by atoms with E-state index in [9.17, 15) is 5.11 Å². The molecule has 0 spiro atoms. The summed E-state index contributed by atoms with van der Waals surface area (Å²) in [7, 11) is 6.84. The summed E-state index contributed by atoms with van der Waals surface area (Å²) in [5.41, 5.74) is 1.06. The Kier molecular flexibility index (Phi) is 4.89. The van der Waals surface area contributed by atoms with E-state index in [0.29, 0.717) is 17.2 Å². The van der Waals surface area contributed by atoms with Crippen LogP contribution in [0.15, 0.2) is 42.6 Å². The van der Waals surface area contributed by atoms with Gasteiger partial charge in [-0.2, -0.15) is 4.57 Å². The lowest BCUT2D eigenvalue weighted by atomic mass is 10.00. The highest BCUT2D eigenvalue weighted by Gasteiger charge is 2.18. The number of nitrogens with zero attached hydrogens (tertiary/aromatic N) is 1. The lowest BCUT2D eigenvalue weighted by molar-refractivity contribution is -0.642. The molecule has 0 radical (unpaired) electrons. The molecule has 5 nitrogen and oxygen atoms in total. The molecule has 27 heavy (non-hydrogen) atoms. The van der Waals surface area contributed by atoms with Gasteiger partial charge in [0.05, 0.1) is 37.5 Å².